The van der Waals surface area contributed by atoms with Gasteiger partial charge in [0.1, 0.15) is 0 Å². The molecule has 0 unspecified atom stereocenters. The van der Waals surface area contributed by atoms with Crippen LogP contribution in [0.25, 0.3) is 22.3 Å². The van der Waals surface area contributed by atoms with E-state index in [0.717, 1.165) is 5.56 Å². The first kappa shape index (κ1) is 22.5. The fraction of sp³-hybridized carbons (Fsp3) is 0.120. The summed E-state index contributed by atoms with van der Waals surface area (Å²) in [5.74, 6) is 0.631. The molecule has 0 radical (unpaired) electrons. The van der Waals surface area contributed by atoms with Gasteiger partial charge in [-0.05, 0) is 24.3 Å². The predicted octanol–water partition coefficient (Wildman–Crippen LogP) is 2.83. The normalized spacial score (nSPS) is 11.0. The average molecular weight is 458 g/mol. The van der Waals surface area contributed by atoms with Crippen LogP contribution in [0.4, 0.5) is 0 Å². The summed E-state index contributed by atoms with van der Waals surface area (Å²) in [7, 11) is 2.91. The standard InChI is InChI=1S/C25H22N4O5/c1-32-20-12-16(13-21(33-2)23(20)34-15-22(26)30)14-27-29-24(17-8-4-3-5-9-17)28-19-11-7-6-10-18(19)25(29)31/h3-14H,15H2,1-2H3,(H2,26,30). The molecule has 0 fully saturated rings. The Morgan fingerprint density at radius 3 is 2.32 bits per heavy atom. The first-order valence-corrected chi connectivity index (χ1v) is 10.3. The Kier molecular flexibility index (Phi) is 6.54. The molecule has 1 aromatic heterocycles. The van der Waals surface area contributed by atoms with Crippen molar-refractivity contribution in [3.63, 3.8) is 0 Å². The molecule has 172 valence electrons. The Morgan fingerprint density at radius 1 is 1.03 bits per heavy atom. The number of methoxy groups -OCH3 is 2. The highest BCUT2D eigenvalue weighted by molar-refractivity contribution is 5.84. The van der Waals surface area contributed by atoms with E-state index < -0.39 is 5.91 Å². The zero-order chi connectivity index (χ0) is 24.1. The number of amides is 1. The number of carbonyl (C=O) groups is 1. The summed E-state index contributed by atoms with van der Waals surface area (Å²) in [4.78, 5) is 29.1. The number of rotatable bonds is 8. The summed E-state index contributed by atoms with van der Waals surface area (Å²) in [6, 6.07) is 19.7. The molecule has 0 saturated heterocycles. The van der Waals surface area contributed by atoms with Gasteiger partial charge in [0.05, 0.1) is 31.3 Å². The molecule has 9 nitrogen and oxygen atoms in total. The van der Waals surface area contributed by atoms with Gasteiger partial charge in [-0.1, -0.05) is 42.5 Å². The molecule has 1 amide bonds. The monoisotopic (exact) mass is 458 g/mol. The lowest BCUT2D eigenvalue weighted by Gasteiger charge is -2.14. The Labute approximate surface area is 195 Å². The van der Waals surface area contributed by atoms with Gasteiger partial charge in [-0.2, -0.15) is 9.78 Å². The third kappa shape index (κ3) is 4.58. The minimum absolute atomic E-state index is 0.232. The third-order valence-electron chi connectivity index (χ3n) is 4.95. The maximum Gasteiger partial charge on any atom is 0.282 e. The Morgan fingerprint density at radius 2 is 1.68 bits per heavy atom. The minimum Gasteiger partial charge on any atom is -0.493 e. The van der Waals surface area contributed by atoms with E-state index in [1.54, 1.807) is 30.3 Å². The second-order valence-electron chi connectivity index (χ2n) is 7.19. The topological polar surface area (TPSA) is 118 Å². The number of fused-ring (bicyclic) bond motifs is 1. The van der Waals surface area contributed by atoms with Gasteiger partial charge in [-0.15, -0.1) is 0 Å². The summed E-state index contributed by atoms with van der Waals surface area (Å²) in [5.41, 5.74) is 6.76. The lowest BCUT2D eigenvalue weighted by Crippen LogP contribution is -2.20. The molecule has 0 aliphatic heterocycles. The summed E-state index contributed by atoms with van der Waals surface area (Å²) in [5, 5.41) is 4.90. The number of nitrogens with zero attached hydrogens (tertiary/aromatic N) is 3. The van der Waals surface area contributed by atoms with Crippen LogP contribution in [-0.4, -0.2) is 42.6 Å². The summed E-state index contributed by atoms with van der Waals surface area (Å²) in [6.45, 7) is -0.335. The van der Waals surface area contributed by atoms with Gasteiger partial charge >= 0.3 is 0 Å². The quantitative estimate of drug-likeness (QED) is 0.406. The highest BCUT2D eigenvalue weighted by atomic mass is 16.5. The predicted molar refractivity (Wildman–Crippen MR) is 129 cm³/mol. The zero-order valence-electron chi connectivity index (χ0n) is 18.6. The smallest absolute Gasteiger partial charge is 0.282 e. The van der Waals surface area contributed by atoms with Crippen molar-refractivity contribution in [3.8, 4) is 28.6 Å². The van der Waals surface area contributed by atoms with E-state index in [1.165, 1.54) is 25.1 Å². The molecule has 2 N–H and O–H groups in total. The summed E-state index contributed by atoms with van der Waals surface area (Å²) >= 11 is 0. The number of benzene rings is 3. The van der Waals surface area contributed by atoms with Crippen LogP contribution in [0, 0.1) is 0 Å². The lowest BCUT2D eigenvalue weighted by atomic mass is 10.2. The molecule has 0 aliphatic carbocycles. The number of primary amides is 1. The van der Waals surface area contributed by atoms with Crippen molar-refractivity contribution in [1.82, 2.24) is 9.66 Å². The van der Waals surface area contributed by atoms with E-state index >= 15 is 0 Å². The van der Waals surface area contributed by atoms with Gasteiger partial charge in [0.25, 0.3) is 11.5 Å². The number of carbonyl (C=O) groups excluding carboxylic acids is 1. The van der Waals surface area contributed by atoms with Crippen LogP contribution in [0.1, 0.15) is 5.56 Å². The summed E-state index contributed by atoms with van der Waals surface area (Å²) in [6.07, 6.45) is 1.49. The first-order chi connectivity index (χ1) is 16.5. The molecular weight excluding hydrogens is 436 g/mol. The molecule has 4 aromatic rings. The van der Waals surface area contributed by atoms with Gasteiger partial charge in [0.15, 0.2) is 23.9 Å². The molecule has 0 atom stereocenters. The average Bonchev–Trinajstić information content (AvgIpc) is 2.87. The van der Waals surface area contributed by atoms with Gasteiger partial charge in [-0.25, -0.2) is 4.98 Å². The van der Waals surface area contributed by atoms with Crippen LogP contribution >= 0.6 is 0 Å². The fourth-order valence-electron chi connectivity index (χ4n) is 3.39. The van der Waals surface area contributed by atoms with Gasteiger partial charge in [-0.3, -0.25) is 9.59 Å². The third-order valence-corrected chi connectivity index (χ3v) is 4.95. The highest BCUT2D eigenvalue weighted by Gasteiger charge is 2.16. The zero-order valence-corrected chi connectivity index (χ0v) is 18.6. The number of para-hydroxylation sites is 1. The SMILES string of the molecule is COc1cc(C=Nn2c(-c3ccccc3)nc3ccccc3c2=O)cc(OC)c1OCC(N)=O. The van der Waals surface area contributed by atoms with Crippen molar-refractivity contribution >= 4 is 23.0 Å². The molecule has 0 bridgehead atoms. The van der Waals surface area contributed by atoms with E-state index in [1.807, 2.05) is 36.4 Å². The fourth-order valence-corrected chi connectivity index (χ4v) is 3.39. The second kappa shape index (κ2) is 9.86. The van der Waals surface area contributed by atoms with Crippen LogP contribution < -0.4 is 25.5 Å². The molecule has 3 aromatic carbocycles. The lowest BCUT2D eigenvalue weighted by molar-refractivity contribution is -0.120. The number of nitrogens with two attached hydrogens (primary N) is 1. The van der Waals surface area contributed by atoms with Crippen molar-refractivity contribution in [1.29, 1.82) is 0 Å². The molecule has 9 heteroatoms. The number of ether oxygens (including phenoxy) is 3. The first-order valence-electron chi connectivity index (χ1n) is 10.3. The maximum atomic E-state index is 13.3. The van der Waals surface area contributed by atoms with E-state index in [4.69, 9.17) is 19.9 Å². The summed E-state index contributed by atoms with van der Waals surface area (Å²) < 4.78 is 17.5. The van der Waals surface area contributed by atoms with Gasteiger partial charge in [0.2, 0.25) is 5.75 Å². The highest BCUT2D eigenvalue weighted by Crippen LogP contribution is 2.38. The van der Waals surface area contributed by atoms with Crippen LogP contribution in [0.2, 0.25) is 0 Å². The largest absolute Gasteiger partial charge is 0.493 e. The second-order valence-corrected chi connectivity index (χ2v) is 7.19. The van der Waals surface area contributed by atoms with Gasteiger partial charge < -0.3 is 19.9 Å². The van der Waals surface area contributed by atoms with Crippen LogP contribution in [0.3, 0.4) is 0 Å². The molecule has 0 saturated carbocycles. The van der Waals surface area contributed by atoms with E-state index in [-0.39, 0.29) is 17.9 Å². The van der Waals surface area contributed by atoms with Crippen LogP contribution in [0.15, 0.2) is 76.6 Å². The molecule has 0 aliphatic rings. The van der Waals surface area contributed by atoms with E-state index in [0.29, 0.717) is 33.8 Å². The molecule has 0 spiro atoms. The van der Waals surface area contributed by atoms with E-state index in [2.05, 4.69) is 10.1 Å². The van der Waals surface area contributed by atoms with Crippen molar-refractivity contribution in [2.75, 3.05) is 20.8 Å². The van der Waals surface area contributed by atoms with Crippen molar-refractivity contribution in [2.24, 2.45) is 10.8 Å². The minimum atomic E-state index is -0.633. The number of hydrogen-bond donors (Lipinski definition) is 1. The Bertz CT molecular complexity index is 1410. The molecule has 4 rings (SSSR count). The number of hydrogen-bond acceptors (Lipinski definition) is 7. The molecule has 1 heterocycles. The van der Waals surface area contributed by atoms with Crippen molar-refractivity contribution < 1.29 is 19.0 Å². The van der Waals surface area contributed by atoms with E-state index in [9.17, 15) is 9.59 Å². The molecular formula is C25H22N4O5. The van der Waals surface area contributed by atoms with Crippen LogP contribution in [0.5, 0.6) is 17.2 Å². The Hall–Kier alpha value is -4.66. The maximum absolute atomic E-state index is 13.3. The van der Waals surface area contributed by atoms with Crippen LogP contribution in [-0.2, 0) is 4.79 Å². The Balaban J connectivity index is 1.83. The van der Waals surface area contributed by atoms with Crippen molar-refractivity contribution in [2.45, 2.75) is 0 Å². The molecule has 34 heavy (non-hydrogen) atoms. The van der Waals surface area contributed by atoms with Crippen molar-refractivity contribution in [3.05, 3.63) is 82.6 Å². The van der Waals surface area contributed by atoms with Gasteiger partial charge in [0, 0.05) is 11.1 Å². The number of aromatic nitrogens is 2.